The van der Waals surface area contributed by atoms with Gasteiger partial charge in [-0.3, -0.25) is 19.1 Å². The molecule has 0 radical (unpaired) electrons. The van der Waals surface area contributed by atoms with Gasteiger partial charge < -0.3 is 14.8 Å². The molecular weight excluding hydrogens is 569 g/mol. The number of benzene rings is 1. The lowest BCUT2D eigenvalue weighted by atomic mass is 10.0. The lowest BCUT2D eigenvalue weighted by Crippen LogP contribution is -2.29. The van der Waals surface area contributed by atoms with Crippen LogP contribution in [-0.4, -0.2) is 47.0 Å². The largest absolute Gasteiger partial charge is 0.493 e. The van der Waals surface area contributed by atoms with Crippen LogP contribution in [0, 0.1) is 18.3 Å². The van der Waals surface area contributed by atoms with Gasteiger partial charge in [0.15, 0.2) is 11.5 Å². The third kappa shape index (κ3) is 7.96. The molecule has 1 N–H and O–H groups in total. The molecular formula is C32H42N4O4S2. The van der Waals surface area contributed by atoms with Crippen LogP contribution in [0.5, 0.6) is 11.5 Å². The number of nitriles is 1. The number of nitrogens with one attached hydrogen (secondary N) is 1. The van der Waals surface area contributed by atoms with Crippen LogP contribution < -0.4 is 20.3 Å². The van der Waals surface area contributed by atoms with E-state index in [1.165, 1.54) is 24.6 Å². The van der Waals surface area contributed by atoms with Crippen molar-refractivity contribution in [3.63, 3.8) is 0 Å². The van der Waals surface area contributed by atoms with Crippen LogP contribution >= 0.6 is 24.0 Å². The van der Waals surface area contributed by atoms with Gasteiger partial charge >= 0.3 is 0 Å². The van der Waals surface area contributed by atoms with E-state index in [2.05, 4.69) is 25.2 Å². The predicted molar refractivity (Wildman–Crippen MR) is 175 cm³/mol. The highest BCUT2D eigenvalue weighted by atomic mass is 32.2. The second kappa shape index (κ2) is 16.4. The van der Waals surface area contributed by atoms with Crippen LogP contribution in [0.15, 0.2) is 27.9 Å². The first-order valence-electron chi connectivity index (χ1n) is 14.7. The number of anilines is 1. The number of unbranched alkanes of at least 4 members (excludes halogenated alkanes) is 5. The maximum absolute atomic E-state index is 13.4. The Balaban J connectivity index is 1.96. The van der Waals surface area contributed by atoms with Crippen molar-refractivity contribution in [3.8, 4) is 17.6 Å². The molecule has 226 valence electrons. The number of amides is 1. The van der Waals surface area contributed by atoms with Crippen molar-refractivity contribution in [3.05, 3.63) is 55.7 Å². The number of methoxy groups -OCH3 is 2. The molecule has 2 heterocycles. The number of rotatable bonds is 16. The van der Waals surface area contributed by atoms with E-state index in [1.807, 2.05) is 18.2 Å². The van der Waals surface area contributed by atoms with Crippen LogP contribution in [0.3, 0.4) is 0 Å². The van der Waals surface area contributed by atoms with Crippen molar-refractivity contribution in [2.24, 2.45) is 0 Å². The molecule has 42 heavy (non-hydrogen) atoms. The standard InChI is InChI=1S/C32H42N4O4S2/c1-6-8-10-11-12-18-36-31(38)28(42-32(36)41)20-24-22(3)25(21-33)30(37)35(17-9-7-2)29(24)34-16-15-23-13-14-26(39-4)27(19-23)40-5/h13-14,19-20,34H,6-12,15-18H2,1-5H3/b28-20+. The van der Waals surface area contributed by atoms with E-state index in [9.17, 15) is 14.9 Å². The molecule has 1 aliphatic heterocycles. The Hall–Kier alpha value is -3.29. The first kappa shape index (κ1) is 33.2. The molecule has 8 nitrogen and oxygen atoms in total. The Morgan fingerprint density at radius 1 is 1.02 bits per heavy atom. The summed E-state index contributed by atoms with van der Waals surface area (Å²) in [5.41, 5.74) is 2.02. The molecule has 1 aromatic carbocycles. The summed E-state index contributed by atoms with van der Waals surface area (Å²) in [5.74, 6) is 1.79. The van der Waals surface area contributed by atoms with Gasteiger partial charge in [-0.25, -0.2) is 0 Å². The monoisotopic (exact) mass is 610 g/mol. The average molecular weight is 611 g/mol. The van der Waals surface area contributed by atoms with Gasteiger partial charge in [-0.2, -0.15) is 5.26 Å². The fraction of sp³-hybridized carbons (Fsp3) is 0.500. The molecule has 10 heteroatoms. The molecule has 3 rings (SSSR count). The highest BCUT2D eigenvalue weighted by molar-refractivity contribution is 8.26. The van der Waals surface area contributed by atoms with Crippen molar-refractivity contribution in [2.75, 3.05) is 32.6 Å². The summed E-state index contributed by atoms with van der Waals surface area (Å²) in [6, 6.07) is 7.89. The zero-order valence-corrected chi connectivity index (χ0v) is 27.0. The van der Waals surface area contributed by atoms with Gasteiger partial charge in [0.25, 0.3) is 11.5 Å². The Bertz CT molecular complexity index is 1410. The number of pyridine rings is 1. The van der Waals surface area contributed by atoms with E-state index in [1.54, 1.807) is 36.7 Å². The third-order valence-corrected chi connectivity index (χ3v) is 8.78. The van der Waals surface area contributed by atoms with Gasteiger partial charge in [-0.05, 0) is 55.5 Å². The van der Waals surface area contributed by atoms with Crippen molar-refractivity contribution < 1.29 is 14.3 Å². The number of nitrogens with zero attached hydrogens (tertiary/aromatic N) is 3. The number of thiocarbonyl (C=S) groups is 1. The summed E-state index contributed by atoms with van der Waals surface area (Å²) in [4.78, 5) is 29.0. The van der Waals surface area contributed by atoms with Crippen molar-refractivity contribution in [2.45, 2.75) is 78.7 Å². The smallest absolute Gasteiger partial charge is 0.270 e. The maximum atomic E-state index is 13.4. The topological polar surface area (TPSA) is 96.6 Å². The highest BCUT2D eigenvalue weighted by Gasteiger charge is 2.32. The minimum Gasteiger partial charge on any atom is -0.493 e. The summed E-state index contributed by atoms with van der Waals surface area (Å²) in [6.07, 6.45) is 9.58. The van der Waals surface area contributed by atoms with Gasteiger partial charge in [0.05, 0.1) is 19.1 Å². The number of carbonyl (C=O) groups excluding carboxylic acids is 1. The molecule has 0 atom stereocenters. The minimum atomic E-state index is -0.325. The number of carbonyl (C=O) groups is 1. The molecule has 1 saturated heterocycles. The Morgan fingerprint density at radius 3 is 2.40 bits per heavy atom. The van der Waals surface area contributed by atoms with E-state index in [4.69, 9.17) is 21.7 Å². The molecule has 0 spiro atoms. The molecule has 0 saturated carbocycles. The first-order chi connectivity index (χ1) is 20.3. The molecule has 0 unspecified atom stereocenters. The van der Waals surface area contributed by atoms with Crippen LogP contribution in [0.2, 0.25) is 0 Å². The highest BCUT2D eigenvalue weighted by Crippen LogP contribution is 2.35. The molecule has 1 aromatic heterocycles. The Kier molecular flexibility index (Phi) is 12.9. The fourth-order valence-electron chi connectivity index (χ4n) is 4.94. The number of ether oxygens (including phenoxy) is 2. The average Bonchev–Trinajstić information content (AvgIpc) is 3.25. The number of hydrogen-bond donors (Lipinski definition) is 1. The number of thioether (sulfide) groups is 1. The summed E-state index contributed by atoms with van der Waals surface area (Å²) in [7, 11) is 3.21. The van der Waals surface area contributed by atoms with Crippen molar-refractivity contribution in [1.82, 2.24) is 9.47 Å². The van der Waals surface area contributed by atoms with Crippen LogP contribution in [0.4, 0.5) is 5.82 Å². The molecule has 1 aliphatic rings. The predicted octanol–water partition coefficient (Wildman–Crippen LogP) is 6.67. The Labute approximate surface area is 259 Å². The van der Waals surface area contributed by atoms with E-state index in [0.717, 1.165) is 37.7 Å². The number of hydrogen-bond acceptors (Lipinski definition) is 8. The summed E-state index contributed by atoms with van der Waals surface area (Å²) in [5, 5.41) is 13.4. The van der Waals surface area contributed by atoms with Gasteiger partial charge in [-0.15, -0.1) is 0 Å². The minimum absolute atomic E-state index is 0.0918. The maximum Gasteiger partial charge on any atom is 0.270 e. The lowest BCUT2D eigenvalue weighted by molar-refractivity contribution is -0.122. The fourth-order valence-corrected chi connectivity index (χ4v) is 6.23. The van der Waals surface area contributed by atoms with Gasteiger partial charge in [0.2, 0.25) is 0 Å². The van der Waals surface area contributed by atoms with E-state index < -0.39 is 0 Å². The quantitative estimate of drug-likeness (QED) is 0.128. The molecule has 0 bridgehead atoms. The molecule has 0 aliphatic carbocycles. The summed E-state index contributed by atoms with van der Waals surface area (Å²) in [6.45, 7) is 7.58. The zero-order valence-electron chi connectivity index (χ0n) is 25.4. The molecule has 2 aromatic rings. The van der Waals surface area contributed by atoms with Crippen molar-refractivity contribution in [1.29, 1.82) is 5.26 Å². The van der Waals surface area contributed by atoms with Crippen LogP contribution in [-0.2, 0) is 17.8 Å². The zero-order chi connectivity index (χ0) is 30.6. The lowest BCUT2D eigenvalue weighted by Gasteiger charge is -2.20. The number of aromatic nitrogens is 1. The van der Waals surface area contributed by atoms with Gasteiger partial charge in [0, 0.05) is 25.2 Å². The van der Waals surface area contributed by atoms with E-state index >= 15 is 0 Å². The Morgan fingerprint density at radius 2 is 1.74 bits per heavy atom. The molecule has 1 fully saturated rings. The summed E-state index contributed by atoms with van der Waals surface area (Å²) < 4.78 is 13.0. The normalized spacial score (nSPS) is 14.0. The van der Waals surface area contributed by atoms with E-state index in [0.29, 0.717) is 63.7 Å². The third-order valence-electron chi connectivity index (χ3n) is 7.40. The second-order valence-corrected chi connectivity index (χ2v) is 12.0. The van der Waals surface area contributed by atoms with Gasteiger partial charge in [0.1, 0.15) is 21.8 Å². The molecule has 1 amide bonds. The van der Waals surface area contributed by atoms with Crippen LogP contribution in [0.1, 0.15) is 81.0 Å². The van der Waals surface area contributed by atoms with Gasteiger partial charge in [-0.1, -0.05) is 76.0 Å². The first-order valence-corrected chi connectivity index (χ1v) is 15.9. The second-order valence-electron chi connectivity index (χ2n) is 10.3. The van der Waals surface area contributed by atoms with Crippen LogP contribution in [0.25, 0.3) is 6.08 Å². The van der Waals surface area contributed by atoms with Crippen molar-refractivity contribution >= 4 is 46.1 Å². The summed E-state index contributed by atoms with van der Waals surface area (Å²) >= 11 is 6.85. The SMILES string of the molecule is CCCCCCCN1C(=O)/C(=C\c2c(C)c(C#N)c(=O)n(CCCC)c2NCCc2ccc(OC)c(OC)c2)SC1=S. The van der Waals surface area contributed by atoms with E-state index in [-0.39, 0.29) is 17.0 Å².